The fraction of sp³-hybridized carbons (Fsp3) is 0.588. The lowest BCUT2D eigenvalue weighted by Gasteiger charge is -2.04. The number of amides is 1. The van der Waals surface area contributed by atoms with Crippen molar-refractivity contribution in [2.75, 3.05) is 19.8 Å². The van der Waals surface area contributed by atoms with Crippen molar-refractivity contribution in [1.82, 2.24) is 5.32 Å². The summed E-state index contributed by atoms with van der Waals surface area (Å²) in [6, 6.07) is 7.09. The number of carbonyl (C=O) groups excluding carboxylic acids is 1. The van der Waals surface area contributed by atoms with Crippen LogP contribution in [0.3, 0.4) is 0 Å². The van der Waals surface area contributed by atoms with Crippen molar-refractivity contribution in [3.8, 4) is 5.75 Å². The molecule has 1 aromatic rings. The van der Waals surface area contributed by atoms with E-state index < -0.39 is 6.09 Å². The maximum atomic E-state index is 10.8. The molecule has 0 saturated carbocycles. The van der Waals surface area contributed by atoms with Gasteiger partial charge in [-0.25, -0.2) is 4.79 Å². The molecule has 0 fully saturated rings. The van der Waals surface area contributed by atoms with Crippen LogP contribution in [0.15, 0.2) is 24.3 Å². The molecule has 0 heterocycles. The quantitative estimate of drug-likeness (QED) is 0.701. The monoisotopic (exact) mass is 313 g/mol. The van der Waals surface area contributed by atoms with E-state index in [9.17, 15) is 4.79 Å². The highest BCUT2D eigenvalue weighted by molar-refractivity contribution is 5.66. The third kappa shape index (κ3) is 16.3. The van der Waals surface area contributed by atoms with Crippen molar-refractivity contribution < 1.29 is 19.7 Å². The number of unbranched alkanes of at least 4 members (excludes halogenated alkanes) is 1. The number of benzene rings is 1. The van der Waals surface area contributed by atoms with E-state index in [1.165, 1.54) is 5.56 Å². The van der Waals surface area contributed by atoms with Gasteiger partial charge in [0.15, 0.2) is 0 Å². The van der Waals surface area contributed by atoms with Crippen LogP contribution in [0.1, 0.15) is 45.6 Å². The minimum absolute atomic E-state index is 0.0925. The highest BCUT2D eigenvalue weighted by Crippen LogP contribution is 2.07. The maximum Gasteiger partial charge on any atom is 0.407 e. The first-order chi connectivity index (χ1) is 10.6. The molecule has 1 aromatic carbocycles. The van der Waals surface area contributed by atoms with E-state index in [1.54, 1.807) is 12.1 Å². The van der Waals surface area contributed by atoms with E-state index in [0.717, 1.165) is 12.8 Å². The van der Waals surface area contributed by atoms with E-state index in [2.05, 4.69) is 5.32 Å². The Morgan fingerprint density at radius 1 is 1.18 bits per heavy atom. The smallest absolute Gasteiger partial charge is 0.407 e. The predicted octanol–water partition coefficient (Wildman–Crippen LogP) is 3.62. The van der Waals surface area contributed by atoms with Crippen molar-refractivity contribution in [3.63, 3.8) is 0 Å². The van der Waals surface area contributed by atoms with E-state index in [-0.39, 0.29) is 6.61 Å². The zero-order valence-corrected chi connectivity index (χ0v) is 14.3. The van der Waals surface area contributed by atoms with Crippen molar-refractivity contribution >= 4 is 6.09 Å². The minimum Gasteiger partial charge on any atom is -0.508 e. The molecule has 22 heavy (non-hydrogen) atoms. The molecule has 0 bridgehead atoms. The van der Waals surface area contributed by atoms with Crippen molar-refractivity contribution in [2.24, 2.45) is 0 Å². The number of nitrogens with one attached hydrogen (secondary N) is 1. The maximum absolute atomic E-state index is 10.8. The SMILES string of the molecule is CC.CCCCOC(=O)NCCCO.Cc1ccc(O)cc1. The number of carbonyl (C=O) groups is 1. The molecule has 0 aliphatic rings. The van der Waals surface area contributed by atoms with Crippen LogP contribution in [-0.4, -0.2) is 36.1 Å². The zero-order chi connectivity index (χ0) is 17.2. The first-order valence-electron chi connectivity index (χ1n) is 7.87. The second-order valence-corrected chi connectivity index (χ2v) is 4.33. The Kier molecular flexibility index (Phi) is 17.7. The van der Waals surface area contributed by atoms with E-state index >= 15 is 0 Å². The molecule has 0 aliphatic carbocycles. The molecule has 1 rings (SSSR count). The third-order valence-electron chi connectivity index (χ3n) is 2.37. The van der Waals surface area contributed by atoms with Gasteiger partial charge in [0.2, 0.25) is 0 Å². The third-order valence-corrected chi connectivity index (χ3v) is 2.37. The summed E-state index contributed by atoms with van der Waals surface area (Å²) in [5.41, 5.74) is 1.17. The fourth-order valence-electron chi connectivity index (χ4n) is 1.17. The normalized spacial score (nSPS) is 8.77. The van der Waals surface area contributed by atoms with Crippen molar-refractivity contribution in [1.29, 1.82) is 0 Å². The van der Waals surface area contributed by atoms with Crippen molar-refractivity contribution in [2.45, 2.75) is 47.0 Å². The Bertz CT molecular complexity index is 319. The van der Waals surface area contributed by atoms with Gasteiger partial charge in [-0.3, -0.25) is 0 Å². The molecule has 0 saturated heterocycles. The van der Waals surface area contributed by atoms with Crippen LogP contribution in [0.2, 0.25) is 0 Å². The van der Waals surface area contributed by atoms with Gasteiger partial charge in [-0.15, -0.1) is 0 Å². The second-order valence-electron chi connectivity index (χ2n) is 4.33. The average molecular weight is 313 g/mol. The Morgan fingerprint density at radius 2 is 1.77 bits per heavy atom. The molecule has 0 aliphatic heterocycles. The molecule has 0 aromatic heterocycles. The second kappa shape index (κ2) is 17.3. The first kappa shape index (κ1) is 22.5. The molecule has 5 nitrogen and oxygen atoms in total. The summed E-state index contributed by atoms with van der Waals surface area (Å²) in [5, 5.41) is 19.7. The molecule has 0 atom stereocenters. The lowest BCUT2D eigenvalue weighted by atomic mass is 10.2. The van der Waals surface area contributed by atoms with Crippen molar-refractivity contribution in [3.05, 3.63) is 29.8 Å². The Balaban J connectivity index is 0. The summed E-state index contributed by atoms with van der Waals surface area (Å²) in [5.74, 6) is 0.329. The number of hydrogen-bond donors (Lipinski definition) is 3. The molecule has 0 unspecified atom stereocenters. The number of aliphatic hydroxyl groups excluding tert-OH is 1. The summed E-state index contributed by atoms with van der Waals surface area (Å²) < 4.78 is 4.80. The molecule has 0 spiro atoms. The Labute approximate surface area is 134 Å². The number of aliphatic hydroxyl groups is 1. The summed E-state index contributed by atoms with van der Waals surface area (Å²) in [6.07, 6.45) is 2.09. The Hall–Kier alpha value is -1.75. The molecule has 5 heteroatoms. The number of hydrogen-bond acceptors (Lipinski definition) is 4. The van der Waals surface area contributed by atoms with Gasteiger partial charge >= 0.3 is 6.09 Å². The molecule has 128 valence electrons. The standard InChI is InChI=1S/C8H17NO3.C7H8O.C2H6/c1-2-3-7-12-8(11)9-5-4-6-10;1-6-2-4-7(8)5-3-6;1-2/h10H,2-7H2,1H3,(H,9,11);2-5,8H,1H3;1-2H3. The van der Waals surface area contributed by atoms with Gasteiger partial charge in [-0.05, 0) is 31.9 Å². The number of phenols is 1. The first-order valence-corrected chi connectivity index (χ1v) is 7.87. The van der Waals surface area contributed by atoms with Crippen LogP contribution < -0.4 is 5.32 Å². The van der Waals surface area contributed by atoms with Gasteiger partial charge < -0.3 is 20.3 Å². The van der Waals surface area contributed by atoms with Crippen LogP contribution in [0.25, 0.3) is 0 Å². The van der Waals surface area contributed by atoms with E-state index in [4.69, 9.17) is 14.9 Å². The number of ether oxygens (including phenoxy) is 1. The molecule has 0 radical (unpaired) electrons. The van der Waals surface area contributed by atoms with Gasteiger partial charge in [0, 0.05) is 13.2 Å². The number of rotatable bonds is 6. The topological polar surface area (TPSA) is 78.8 Å². The zero-order valence-electron chi connectivity index (χ0n) is 14.3. The number of aryl methyl sites for hydroxylation is 1. The number of phenolic OH excluding ortho intramolecular Hbond substituents is 1. The van der Waals surface area contributed by atoms with Crippen LogP contribution in [0.5, 0.6) is 5.75 Å². The van der Waals surface area contributed by atoms with Crippen LogP contribution in [0.4, 0.5) is 4.79 Å². The Morgan fingerprint density at radius 3 is 2.23 bits per heavy atom. The van der Waals surface area contributed by atoms with E-state index in [1.807, 2.05) is 39.8 Å². The fourth-order valence-corrected chi connectivity index (χ4v) is 1.17. The van der Waals surface area contributed by atoms with Gasteiger partial charge in [-0.1, -0.05) is 44.9 Å². The van der Waals surface area contributed by atoms with E-state index in [0.29, 0.717) is 25.3 Å². The summed E-state index contributed by atoms with van der Waals surface area (Å²) >= 11 is 0. The molecule has 3 N–H and O–H groups in total. The average Bonchev–Trinajstić information content (AvgIpc) is 2.53. The lowest BCUT2D eigenvalue weighted by molar-refractivity contribution is 0.143. The predicted molar refractivity (Wildman–Crippen MR) is 90.2 cm³/mol. The molecule has 1 amide bonds. The lowest BCUT2D eigenvalue weighted by Crippen LogP contribution is -2.26. The van der Waals surface area contributed by atoms with Crippen LogP contribution in [0, 0.1) is 6.92 Å². The molecular formula is C17H31NO4. The number of alkyl carbamates (subject to hydrolysis) is 1. The summed E-state index contributed by atoms with van der Waals surface area (Å²) in [4.78, 5) is 10.8. The van der Waals surface area contributed by atoms with Gasteiger partial charge in [0.05, 0.1) is 6.61 Å². The number of aromatic hydroxyl groups is 1. The highest BCUT2D eigenvalue weighted by Gasteiger charge is 1.98. The summed E-state index contributed by atoms with van der Waals surface area (Å²) in [7, 11) is 0. The van der Waals surface area contributed by atoms with Crippen LogP contribution >= 0.6 is 0 Å². The van der Waals surface area contributed by atoms with Crippen LogP contribution in [-0.2, 0) is 4.74 Å². The molecular weight excluding hydrogens is 282 g/mol. The largest absolute Gasteiger partial charge is 0.508 e. The minimum atomic E-state index is -0.392. The highest BCUT2D eigenvalue weighted by atomic mass is 16.5. The van der Waals surface area contributed by atoms with Gasteiger partial charge in [-0.2, -0.15) is 0 Å². The van der Waals surface area contributed by atoms with Gasteiger partial charge in [0.25, 0.3) is 0 Å². The summed E-state index contributed by atoms with van der Waals surface area (Å²) in [6.45, 7) is 9.06. The van der Waals surface area contributed by atoms with Gasteiger partial charge in [0.1, 0.15) is 5.75 Å².